The zero-order valence-corrected chi connectivity index (χ0v) is 18.7. The molecule has 0 radical (unpaired) electrons. The van der Waals surface area contributed by atoms with Gasteiger partial charge in [-0.2, -0.15) is 0 Å². The third-order valence-corrected chi connectivity index (χ3v) is 7.30. The zero-order chi connectivity index (χ0) is 19.0. The molecule has 0 N–H and O–H groups in total. The lowest BCUT2D eigenvalue weighted by Gasteiger charge is -2.38. The van der Waals surface area contributed by atoms with Gasteiger partial charge in [-0.3, -0.25) is 4.57 Å². The maximum absolute atomic E-state index is 14.1. The zero-order valence-electron chi connectivity index (χ0n) is 17.8. The van der Waals surface area contributed by atoms with Crippen molar-refractivity contribution in [2.75, 3.05) is 32.8 Å². The highest BCUT2D eigenvalue weighted by molar-refractivity contribution is 7.53. The van der Waals surface area contributed by atoms with Gasteiger partial charge in [-0.25, -0.2) is 9.34 Å². The first-order chi connectivity index (χ1) is 12.1. The normalized spacial score (nSPS) is 12.4. The van der Waals surface area contributed by atoms with Crippen molar-refractivity contribution in [3.63, 3.8) is 0 Å². The predicted octanol–water partition coefficient (Wildman–Crippen LogP) is 6.72. The maximum Gasteiger partial charge on any atom is 0.346 e. The van der Waals surface area contributed by atoms with Crippen LogP contribution in [0.5, 0.6) is 0 Å². The number of unbranched alkanes of at least 4 members (excludes halogenated alkanes) is 5. The Labute approximate surface area is 158 Å². The Bertz CT molecular complexity index is 300. The second-order valence-corrected chi connectivity index (χ2v) is 9.37. The van der Waals surface area contributed by atoms with Crippen LogP contribution in [-0.4, -0.2) is 42.1 Å². The Kier molecular flexibility index (Phi) is 16.4. The highest BCUT2D eigenvalue weighted by Crippen LogP contribution is 2.55. The van der Waals surface area contributed by atoms with Gasteiger partial charge >= 0.3 is 7.67 Å². The molecule has 0 aliphatic rings. The molecule has 0 unspecified atom stereocenters. The molecule has 0 aromatic rings. The molecule has 0 saturated carbocycles. The minimum atomic E-state index is -2.92. The molecule has 0 aliphatic carbocycles. The van der Waals surface area contributed by atoms with E-state index in [9.17, 15) is 4.57 Å². The van der Waals surface area contributed by atoms with Gasteiger partial charge in [-0.05, 0) is 32.1 Å². The summed E-state index contributed by atoms with van der Waals surface area (Å²) in [5.41, 5.74) is 0. The van der Waals surface area contributed by atoms with Crippen molar-refractivity contribution in [1.29, 1.82) is 0 Å². The molecule has 0 bridgehead atoms. The van der Waals surface area contributed by atoms with Crippen molar-refractivity contribution >= 4 is 7.67 Å². The van der Waals surface area contributed by atoms with E-state index in [1.807, 2.05) is 0 Å². The Morgan fingerprint density at radius 3 is 1.20 bits per heavy atom. The molecule has 0 saturated heterocycles. The van der Waals surface area contributed by atoms with Gasteiger partial charge in [-0.15, -0.1) is 0 Å². The van der Waals surface area contributed by atoms with Gasteiger partial charge < -0.3 is 4.52 Å². The summed E-state index contributed by atoms with van der Waals surface area (Å²) in [5.74, 6) is 0. The summed E-state index contributed by atoms with van der Waals surface area (Å²) in [7, 11) is -2.92. The summed E-state index contributed by atoms with van der Waals surface area (Å²) < 4.78 is 24.7. The molecule has 0 aromatic heterocycles. The van der Waals surface area contributed by atoms with Gasteiger partial charge in [0.2, 0.25) is 0 Å². The average Bonchev–Trinajstić information content (AvgIpc) is 2.62. The second-order valence-electron chi connectivity index (χ2n) is 7.00. The summed E-state index contributed by atoms with van der Waals surface area (Å²) in [5, 5.41) is 0. The fraction of sp³-hybridized carbons (Fsp3) is 1.00. The molecule has 0 aromatic carbocycles. The quantitative estimate of drug-likeness (QED) is 0.196. The first kappa shape index (κ1) is 25.1. The second kappa shape index (κ2) is 16.3. The maximum atomic E-state index is 14.1. The number of rotatable bonds is 18. The summed E-state index contributed by atoms with van der Waals surface area (Å²) in [6.45, 7) is 15.1. The Hall–Kier alpha value is 0.110. The first-order valence-electron chi connectivity index (χ1n) is 10.9. The summed E-state index contributed by atoms with van der Waals surface area (Å²) in [4.78, 5) is 0. The Balaban J connectivity index is 5.40. The van der Waals surface area contributed by atoms with Crippen LogP contribution in [0, 0.1) is 0 Å². The monoisotopic (exact) mass is 376 g/mol. The van der Waals surface area contributed by atoms with Crippen LogP contribution in [0.2, 0.25) is 0 Å². The lowest BCUT2D eigenvalue weighted by molar-refractivity contribution is 0.197. The van der Waals surface area contributed by atoms with Crippen LogP contribution in [0.15, 0.2) is 0 Å². The molecule has 25 heavy (non-hydrogen) atoms. The molecule has 152 valence electrons. The number of nitrogens with zero attached hydrogens (tertiary/aromatic N) is 2. The molecule has 0 spiro atoms. The smallest absolute Gasteiger partial charge is 0.306 e. The molecular formula is C20H45N2O2P. The van der Waals surface area contributed by atoms with E-state index in [1.54, 1.807) is 0 Å². The lowest BCUT2D eigenvalue weighted by Crippen LogP contribution is -2.36. The highest BCUT2D eigenvalue weighted by atomic mass is 31.2. The fourth-order valence-electron chi connectivity index (χ4n) is 2.76. The minimum absolute atomic E-state index is 0.608. The molecule has 0 fully saturated rings. The van der Waals surface area contributed by atoms with Crippen LogP contribution in [0.25, 0.3) is 0 Å². The average molecular weight is 377 g/mol. The van der Waals surface area contributed by atoms with Gasteiger partial charge in [0.15, 0.2) is 0 Å². The molecular weight excluding hydrogens is 331 g/mol. The van der Waals surface area contributed by atoms with Crippen molar-refractivity contribution in [3.8, 4) is 0 Å². The Morgan fingerprint density at radius 1 is 0.600 bits per heavy atom. The van der Waals surface area contributed by atoms with Crippen LogP contribution < -0.4 is 0 Å². The van der Waals surface area contributed by atoms with E-state index in [1.165, 1.54) is 0 Å². The molecule has 0 rings (SSSR count). The Morgan fingerprint density at radius 2 is 0.920 bits per heavy atom. The van der Waals surface area contributed by atoms with E-state index in [2.05, 4.69) is 44.0 Å². The molecule has 5 heteroatoms. The van der Waals surface area contributed by atoms with Gasteiger partial charge in [-0.1, -0.05) is 66.7 Å². The standard InChI is InChI=1S/C20H45N2O2P/c1-6-11-16-21(17-12-7-2)25(23,24-20-15-10-5)22(18-13-8-3)19-14-9-4/h6-20H2,1-5H3. The van der Waals surface area contributed by atoms with E-state index in [4.69, 9.17) is 4.52 Å². The van der Waals surface area contributed by atoms with Gasteiger partial charge in [0, 0.05) is 26.2 Å². The molecule has 0 heterocycles. The van der Waals surface area contributed by atoms with Gasteiger partial charge in [0.05, 0.1) is 6.61 Å². The lowest BCUT2D eigenvalue weighted by atomic mass is 10.3. The van der Waals surface area contributed by atoms with Crippen LogP contribution in [-0.2, 0) is 9.09 Å². The molecule has 0 amide bonds. The van der Waals surface area contributed by atoms with Crippen molar-refractivity contribution in [3.05, 3.63) is 0 Å². The topological polar surface area (TPSA) is 32.8 Å². The first-order valence-corrected chi connectivity index (χ1v) is 12.4. The van der Waals surface area contributed by atoms with Crippen LogP contribution in [0.3, 0.4) is 0 Å². The molecule has 0 aliphatic heterocycles. The minimum Gasteiger partial charge on any atom is -0.306 e. The van der Waals surface area contributed by atoms with Crippen molar-refractivity contribution in [1.82, 2.24) is 9.34 Å². The van der Waals surface area contributed by atoms with Gasteiger partial charge in [0.1, 0.15) is 0 Å². The molecule has 4 nitrogen and oxygen atoms in total. The fourth-order valence-corrected chi connectivity index (χ4v) is 5.39. The predicted molar refractivity (Wildman–Crippen MR) is 111 cm³/mol. The van der Waals surface area contributed by atoms with E-state index in [0.29, 0.717) is 6.61 Å². The van der Waals surface area contributed by atoms with Crippen LogP contribution >= 0.6 is 7.67 Å². The molecule has 0 atom stereocenters. The summed E-state index contributed by atoms with van der Waals surface area (Å²) in [6, 6.07) is 0. The van der Waals surface area contributed by atoms with E-state index in [0.717, 1.165) is 90.4 Å². The van der Waals surface area contributed by atoms with Crippen molar-refractivity contribution < 1.29 is 9.09 Å². The van der Waals surface area contributed by atoms with Crippen molar-refractivity contribution in [2.24, 2.45) is 0 Å². The highest BCUT2D eigenvalue weighted by Gasteiger charge is 2.37. The summed E-state index contributed by atoms with van der Waals surface area (Å²) >= 11 is 0. The van der Waals surface area contributed by atoms with Crippen molar-refractivity contribution in [2.45, 2.75) is 98.8 Å². The third kappa shape index (κ3) is 10.1. The van der Waals surface area contributed by atoms with E-state index < -0.39 is 7.67 Å². The van der Waals surface area contributed by atoms with Crippen LogP contribution in [0.4, 0.5) is 0 Å². The number of hydrogen-bond acceptors (Lipinski definition) is 2. The SMILES string of the molecule is CCCCOP(=O)(N(CCCC)CCCC)N(CCCC)CCCC. The largest absolute Gasteiger partial charge is 0.346 e. The van der Waals surface area contributed by atoms with E-state index in [-0.39, 0.29) is 0 Å². The summed E-state index contributed by atoms with van der Waals surface area (Å²) in [6.07, 6.45) is 10.9. The van der Waals surface area contributed by atoms with Crippen LogP contribution in [0.1, 0.15) is 98.8 Å². The van der Waals surface area contributed by atoms with E-state index >= 15 is 0 Å². The third-order valence-electron chi connectivity index (χ3n) is 4.55. The number of hydrogen-bond donors (Lipinski definition) is 0. The van der Waals surface area contributed by atoms with Gasteiger partial charge in [0.25, 0.3) is 0 Å².